The number of ether oxygens (including phenoxy) is 1. The van der Waals surface area contributed by atoms with E-state index in [1.807, 2.05) is 23.1 Å². The maximum absolute atomic E-state index is 13.2. The minimum absolute atomic E-state index is 0.154. The number of carbonyl (C=O) groups is 1. The number of nitrogens with zero attached hydrogens (tertiary/aromatic N) is 2. The van der Waals surface area contributed by atoms with Gasteiger partial charge in [0, 0.05) is 51.9 Å². The Kier molecular flexibility index (Phi) is 6.59. The zero-order valence-electron chi connectivity index (χ0n) is 14.7. The standard InChI is InChI=1S/C20H27FN2O2/c21-18-6-1-4-17(16-18)5-2-7-20(24)23-11-3-10-22(12-13-23)19-8-14-25-15-9-19/h1-2,4-6,16,19H,3,7-15H2. The molecule has 0 spiro atoms. The minimum atomic E-state index is -0.255. The Hall–Kier alpha value is -1.72. The Morgan fingerprint density at radius 3 is 2.84 bits per heavy atom. The molecule has 3 rings (SSSR count). The summed E-state index contributed by atoms with van der Waals surface area (Å²) in [4.78, 5) is 16.9. The molecule has 2 fully saturated rings. The Balaban J connectivity index is 1.47. The van der Waals surface area contributed by atoms with Crippen LogP contribution in [0.5, 0.6) is 0 Å². The molecule has 136 valence electrons. The average Bonchev–Trinajstić information content (AvgIpc) is 2.89. The molecule has 1 aromatic rings. The van der Waals surface area contributed by atoms with E-state index in [1.54, 1.807) is 6.07 Å². The van der Waals surface area contributed by atoms with Gasteiger partial charge in [-0.3, -0.25) is 9.69 Å². The second-order valence-electron chi connectivity index (χ2n) is 6.78. The zero-order chi connectivity index (χ0) is 17.5. The summed E-state index contributed by atoms with van der Waals surface area (Å²) in [5.74, 6) is -0.101. The molecule has 1 aromatic carbocycles. The Morgan fingerprint density at radius 2 is 2.04 bits per heavy atom. The quantitative estimate of drug-likeness (QED) is 0.840. The van der Waals surface area contributed by atoms with Gasteiger partial charge in [0.2, 0.25) is 5.91 Å². The first-order chi connectivity index (χ1) is 12.2. The fourth-order valence-electron chi connectivity index (χ4n) is 3.64. The van der Waals surface area contributed by atoms with Gasteiger partial charge in [-0.25, -0.2) is 4.39 Å². The van der Waals surface area contributed by atoms with E-state index in [0.717, 1.165) is 64.2 Å². The van der Waals surface area contributed by atoms with E-state index in [4.69, 9.17) is 4.74 Å². The van der Waals surface area contributed by atoms with Crippen LogP contribution in [0.4, 0.5) is 4.39 Å². The van der Waals surface area contributed by atoms with E-state index >= 15 is 0 Å². The summed E-state index contributed by atoms with van der Waals surface area (Å²) >= 11 is 0. The molecule has 0 radical (unpaired) electrons. The molecule has 5 heteroatoms. The van der Waals surface area contributed by atoms with Crippen molar-refractivity contribution >= 4 is 12.0 Å². The molecule has 2 saturated heterocycles. The van der Waals surface area contributed by atoms with Crippen molar-refractivity contribution < 1.29 is 13.9 Å². The molecule has 0 N–H and O–H groups in total. The van der Waals surface area contributed by atoms with E-state index in [-0.39, 0.29) is 11.7 Å². The molecule has 2 heterocycles. The Bertz CT molecular complexity index is 599. The molecule has 0 aromatic heterocycles. The van der Waals surface area contributed by atoms with Crippen molar-refractivity contribution in [2.75, 3.05) is 39.4 Å². The van der Waals surface area contributed by atoms with Crippen molar-refractivity contribution in [3.05, 3.63) is 41.7 Å². The Morgan fingerprint density at radius 1 is 1.20 bits per heavy atom. The van der Waals surface area contributed by atoms with E-state index in [9.17, 15) is 9.18 Å². The van der Waals surface area contributed by atoms with Gasteiger partial charge < -0.3 is 9.64 Å². The highest BCUT2D eigenvalue weighted by Crippen LogP contribution is 2.17. The van der Waals surface area contributed by atoms with Gasteiger partial charge >= 0.3 is 0 Å². The van der Waals surface area contributed by atoms with Gasteiger partial charge in [0.25, 0.3) is 0 Å². The van der Waals surface area contributed by atoms with Gasteiger partial charge in [-0.2, -0.15) is 0 Å². The van der Waals surface area contributed by atoms with E-state index in [1.165, 1.54) is 12.1 Å². The van der Waals surface area contributed by atoms with Gasteiger partial charge in [-0.15, -0.1) is 0 Å². The van der Waals surface area contributed by atoms with Crippen LogP contribution in [-0.2, 0) is 9.53 Å². The predicted molar refractivity (Wildman–Crippen MR) is 96.7 cm³/mol. The van der Waals surface area contributed by atoms with E-state index in [2.05, 4.69) is 4.90 Å². The van der Waals surface area contributed by atoms with E-state index < -0.39 is 0 Å². The fourth-order valence-corrected chi connectivity index (χ4v) is 3.64. The van der Waals surface area contributed by atoms with Crippen LogP contribution in [-0.4, -0.2) is 61.1 Å². The van der Waals surface area contributed by atoms with Crippen LogP contribution < -0.4 is 0 Å². The van der Waals surface area contributed by atoms with Crippen molar-refractivity contribution in [2.24, 2.45) is 0 Å². The lowest BCUT2D eigenvalue weighted by molar-refractivity contribution is -0.130. The third-order valence-electron chi connectivity index (χ3n) is 5.04. The van der Waals surface area contributed by atoms with E-state index in [0.29, 0.717) is 12.5 Å². The molecular formula is C20H27FN2O2. The van der Waals surface area contributed by atoms with Crippen LogP contribution in [0.15, 0.2) is 30.3 Å². The SMILES string of the molecule is O=C(CC=Cc1cccc(F)c1)N1CCCN(C2CCOCC2)CC1. The van der Waals surface area contributed by atoms with Crippen LogP contribution >= 0.6 is 0 Å². The number of carbonyl (C=O) groups excluding carboxylic acids is 1. The molecule has 0 unspecified atom stereocenters. The summed E-state index contributed by atoms with van der Waals surface area (Å²) in [5, 5.41) is 0. The molecule has 25 heavy (non-hydrogen) atoms. The van der Waals surface area contributed by atoms with Crippen LogP contribution in [0.2, 0.25) is 0 Å². The van der Waals surface area contributed by atoms with Crippen LogP contribution in [0, 0.1) is 5.82 Å². The van der Waals surface area contributed by atoms with Gasteiger partial charge in [-0.1, -0.05) is 24.3 Å². The fraction of sp³-hybridized carbons (Fsp3) is 0.550. The number of rotatable bonds is 4. The number of benzene rings is 1. The summed E-state index contributed by atoms with van der Waals surface area (Å²) < 4.78 is 18.6. The Labute approximate surface area is 149 Å². The lowest BCUT2D eigenvalue weighted by Gasteiger charge is -2.33. The third-order valence-corrected chi connectivity index (χ3v) is 5.04. The summed E-state index contributed by atoms with van der Waals surface area (Å²) in [6.45, 7) is 5.34. The summed E-state index contributed by atoms with van der Waals surface area (Å²) in [7, 11) is 0. The smallest absolute Gasteiger partial charge is 0.226 e. The number of hydrogen-bond acceptors (Lipinski definition) is 3. The second kappa shape index (κ2) is 9.11. The van der Waals surface area contributed by atoms with Gasteiger partial charge in [0.15, 0.2) is 0 Å². The largest absolute Gasteiger partial charge is 0.381 e. The number of amides is 1. The van der Waals surface area contributed by atoms with Crippen LogP contribution in [0.25, 0.3) is 6.08 Å². The third kappa shape index (κ3) is 5.38. The summed E-state index contributed by atoms with van der Waals surface area (Å²) in [5.41, 5.74) is 0.786. The highest BCUT2D eigenvalue weighted by molar-refractivity contribution is 5.78. The topological polar surface area (TPSA) is 32.8 Å². The molecule has 2 aliphatic heterocycles. The van der Waals surface area contributed by atoms with Gasteiger partial charge in [0.05, 0.1) is 0 Å². The molecular weight excluding hydrogens is 319 g/mol. The normalized spacial score (nSPS) is 20.8. The first-order valence-electron chi connectivity index (χ1n) is 9.24. The van der Waals surface area contributed by atoms with Crippen molar-refractivity contribution in [2.45, 2.75) is 31.7 Å². The molecule has 4 nitrogen and oxygen atoms in total. The zero-order valence-corrected chi connectivity index (χ0v) is 14.7. The summed E-state index contributed by atoms with van der Waals surface area (Å²) in [6, 6.07) is 7.01. The van der Waals surface area contributed by atoms with Crippen molar-refractivity contribution in [3.8, 4) is 0 Å². The second-order valence-corrected chi connectivity index (χ2v) is 6.78. The van der Waals surface area contributed by atoms with Crippen molar-refractivity contribution in [1.29, 1.82) is 0 Å². The monoisotopic (exact) mass is 346 g/mol. The highest BCUT2D eigenvalue weighted by Gasteiger charge is 2.25. The molecule has 2 aliphatic rings. The molecule has 0 aliphatic carbocycles. The average molecular weight is 346 g/mol. The number of halogens is 1. The first-order valence-corrected chi connectivity index (χ1v) is 9.24. The maximum atomic E-state index is 13.2. The molecule has 1 amide bonds. The molecule has 0 bridgehead atoms. The van der Waals surface area contributed by atoms with Crippen LogP contribution in [0.1, 0.15) is 31.2 Å². The summed E-state index contributed by atoms with van der Waals surface area (Å²) in [6.07, 6.45) is 7.24. The first kappa shape index (κ1) is 18.1. The van der Waals surface area contributed by atoms with Crippen LogP contribution in [0.3, 0.4) is 0 Å². The number of hydrogen-bond donors (Lipinski definition) is 0. The lowest BCUT2D eigenvalue weighted by atomic mass is 10.1. The van der Waals surface area contributed by atoms with Crippen molar-refractivity contribution in [3.63, 3.8) is 0 Å². The molecule has 0 saturated carbocycles. The highest BCUT2D eigenvalue weighted by atomic mass is 19.1. The predicted octanol–water partition coefficient (Wildman–Crippen LogP) is 2.94. The van der Waals surface area contributed by atoms with Crippen molar-refractivity contribution in [1.82, 2.24) is 9.80 Å². The minimum Gasteiger partial charge on any atom is -0.381 e. The lowest BCUT2D eigenvalue weighted by Crippen LogP contribution is -2.42. The van der Waals surface area contributed by atoms with Gasteiger partial charge in [0.1, 0.15) is 5.82 Å². The van der Waals surface area contributed by atoms with Gasteiger partial charge in [-0.05, 0) is 37.0 Å². The maximum Gasteiger partial charge on any atom is 0.226 e. The molecule has 0 atom stereocenters.